The summed E-state index contributed by atoms with van der Waals surface area (Å²) < 4.78 is 12.5. The first-order valence-corrected chi connectivity index (χ1v) is 9.24. The van der Waals surface area contributed by atoms with Crippen molar-refractivity contribution in [3.63, 3.8) is 0 Å². The predicted molar refractivity (Wildman–Crippen MR) is 111 cm³/mol. The number of imidazole rings is 1. The van der Waals surface area contributed by atoms with Crippen LogP contribution in [0.4, 0.5) is 0 Å². The molecule has 0 unspecified atom stereocenters. The number of para-hydroxylation sites is 2. The molecule has 0 saturated carbocycles. The number of hydrogen-bond acceptors (Lipinski definition) is 5. The van der Waals surface area contributed by atoms with Crippen LogP contribution in [0.2, 0.25) is 0 Å². The minimum atomic E-state index is -0.406. The fourth-order valence-electron chi connectivity index (χ4n) is 3.38. The second-order valence-electron chi connectivity index (χ2n) is 6.75. The SMILES string of the molecule is COC(=O)c1ccnc(-c2nc3ccccc3n2Cc2ccc(C)cc2OC)c1. The number of carbonyl (C=O) groups excluding carboxylic acids is 1. The van der Waals surface area contributed by atoms with Gasteiger partial charge in [0.15, 0.2) is 5.82 Å². The number of esters is 1. The lowest BCUT2D eigenvalue weighted by Crippen LogP contribution is -2.06. The molecule has 0 fully saturated rings. The van der Waals surface area contributed by atoms with Crippen LogP contribution in [0.25, 0.3) is 22.6 Å². The van der Waals surface area contributed by atoms with Gasteiger partial charge in [0.1, 0.15) is 11.4 Å². The number of pyridine rings is 1. The highest BCUT2D eigenvalue weighted by Crippen LogP contribution is 2.28. The van der Waals surface area contributed by atoms with Gasteiger partial charge in [0.05, 0.1) is 37.4 Å². The Kier molecular flexibility index (Phi) is 4.99. The molecule has 2 aromatic carbocycles. The lowest BCUT2D eigenvalue weighted by atomic mass is 10.1. The third kappa shape index (κ3) is 3.57. The molecule has 0 radical (unpaired) electrons. The highest BCUT2D eigenvalue weighted by molar-refractivity contribution is 5.90. The number of nitrogens with zero attached hydrogens (tertiary/aromatic N) is 3. The van der Waals surface area contributed by atoms with Crippen molar-refractivity contribution in [1.29, 1.82) is 0 Å². The molecule has 0 N–H and O–H groups in total. The van der Waals surface area contributed by atoms with Crippen LogP contribution in [0, 0.1) is 6.92 Å². The van der Waals surface area contributed by atoms with Gasteiger partial charge < -0.3 is 14.0 Å². The average molecular weight is 387 g/mol. The number of hydrogen-bond donors (Lipinski definition) is 0. The first kappa shape index (κ1) is 18.7. The molecule has 4 aromatic rings. The van der Waals surface area contributed by atoms with Crippen molar-refractivity contribution in [3.8, 4) is 17.3 Å². The van der Waals surface area contributed by atoms with Crippen molar-refractivity contribution in [2.75, 3.05) is 14.2 Å². The second-order valence-corrected chi connectivity index (χ2v) is 6.75. The molecular weight excluding hydrogens is 366 g/mol. The van der Waals surface area contributed by atoms with Gasteiger partial charge in [-0.25, -0.2) is 9.78 Å². The zero-order valence-corrected chi connectivity index (χ0v) is 16.5. The Hall–Kier alpha value is -3.67. The standard InChI is InChI=1S/C23H21N3O3/c1-15-8-9-17(21(12-15)28-2)14-26-20-7-5-4-6-18(20)25-22(26)19-13-16(10-11-24-19)23(27)29-3/h4-13H,14H2,1-3H3. The molecule has 2 heterocycles. The van der Waals surface area contributed by atoms with Crippen LogP contribution in [0.1, 0.15) is 21.5 Å². The maximum atomic E-state index is 12.0. The van der Waals surface area contributed by atoms with Crippen LogP contribution in [-0.2, 0) is 11.3 Å². The summed E-state index contributed by atoms with van der Waals surface area (Å²) in [5, 5.41) is 0. The molecule has 0 amide bonds. The Morgan fingerprint density at radius 1 is 1.07 bits per heavy atom. The molecule has 0 aliphatic rings. The zero-order chi connectivity index (χ0) is 20.4. The van der Waals surface area contributed by atoms with Gasteiger partial charge in [-0.1, -0.05) is 24.3 Å². The third-order valence-electron chi connectivity index (χ3n) is 4.84. The molecule has 0 aliphatic heterocycles. The topological polar surface area (TPSA) is 66.2 Å². The molecule has 0 atom stereocenters. The van der Waals surface area contributed by atoms with E-state index in [1.165, 1.54) is 7.11 Å². The number of ether oxygens (including phenoxy) is 2. The summed E-state index contributed by atoms with van der Waals surface area (Å²) in [6.07, 6.45) is 1.59. The normalized spacial score (nSPS) is 10.9. The van der Waals surface area contributed by atoms with Gasteiger partial charge in [-0.3, -0.25) is 4.98 Å². The Morgan fingerprint density at radius 2 is 1.90 bits per heavy atom. The van der Waals surface area contributed by atoms with Crippen LogP contribution >= 0.6 is 0 Å². The number of benzene rings is 2. The molecule has 0 aliphatic carbocycles. The van der Waals surface area contributed by atoms with Gasteiger partial charge in [0.25, 0.3) is 0 Å². The molecule has 146 valence electrons. The van der Waals surface area contributed by atoms with E-state index in [9.17, 15) is 4.79 Å². The molecule has 0 bridgehead atoms. The van der Waals surface area contributed by atoms with Crippen molar-refractivity contribution in [1.82, 2.24) is 14.5 Å². The fraction of sp³-hybridized carbons (Fsp3) is 0.174. The number of aryl methyl sites for hydroxylation is 1. The Balaban J connectivity index is 1.87. The monoisotopic (exact) mass is 387 g/mol. The zero-order valence-electron chi connectivity index (χ0n) is 16.5. The highest BCUT2D eigenvalue weighted by Gasteiger charge is 2.17. The third-order valence-corrected chi connectivity index (χ3v) is 4.84. The van der Waals surface area contributed by atoms with Crippen LogP contribution in [0.3, 0.4) is 0 Å². The molecule has 0 spiro atoms. The largest absolute Gasteiger partial charge is 0.496 e. The minimum Gasteiger partial charge on any atom is -0.496 e. The van der Waals surface area contributed by atoms with E-state index >= 15 is 0 Å². The quantitative estimate of drug-likeness (QED) is 0.479. The molecule has 2 aromatic heterocycles. The van der Waals surface area contributed by atoms with E-state index in [1.54, 1.807) is 25.4 Å². The number of methoxy groups -OCH3 is 2. The van der Waals surface area contributed by atoms with Gasteiger partial charge in [0.2, 0.25) is 0 Å². The van der Waals surface area contributed by atoms with E-state index in [2.05, 4.69) is 21.7 Å². The number of carbonyl (C=O) groups is 1. The van der Waals surface area contributed by atoms with E-state index in [-0.39, 0.29) is 0 Å². The smallest absolute Gasteiger partial charge is 0.337 e. The lowest BCUT2D eigenvalue weighted by Gasteiger charge is -2.13. The average Bonchev–Trinajstić information content (AvgIpc) is 3.13. The van der Waals surface area contributed by atoms with Gasteiger partial charge in [-0.2, -0.15) is 0 Å². The van der Waals surface area contributed by atoms with Crippen molar-refractivity contribution >= 4 is 17.0 Å². The van der Waals surface area contributed by atoms with Gasteiger partial charge in [-0.05, 0) is 42.8 Å². The highest BCUT2D eigenvalue weighted by atomic mass is 16.5. The van der Waals surface area contributed by atoms with E-state index in [0.29, 0.717) is 23.6 Å². The Bertz CT molecular complexity index is 1200. The maximum Gasteiger partial charge on any atom is 0.337 e. The summed E-state index contributed by atoms with van der Waals surface area (Å²) in [6, 6.07) is 17.4. The van der Waals surface area contributed by atoms with Crippen LogP contribution in [0.5, 0.6) is 5.75 Å². The number of aromatic nitrogens is 3. The molecule has 6 heteroatoms. The van der Waals surface area contributed by atoms with Gasteiger partial charge in [-0.15, -0.1) is 0 Å². The van der Waals surface area contributed by atoms with Crippen LogP contribution in [0.15, 0.2) is 60.8 Å². The van der Waals surface area contributed by atoms with Crippen molar-refractivity contribution < 1.29 is 14.3 Å². The maximum absolute atomic E-state index is 12.0. The summed E-state index contributed by atoms with van der Waals surface area (Å²) in [7, 11) is 3.04. The van der Waals surface area contributed by atoms with Gasteiger partial charge >= 0.3 is 5.97 Å². The summed E-state index contributed by atoms with van der Waals surface area (Å²) in [5.74, 6) is 1.10. The molecular formula is C23H21N3O3. The first-order valence-electron chi connectivity index (χ1n) is 9.24. The molecule has 4 rings (SSSR count). The second kappa shape index (κ2) is 7.75. The number of fused-ring (bicyclic) bond motifs is 1. The molecule has 0 saturated heterocycles. The first-order chi connectivity index (χ1) is 14.1. The summed E-state index contributed by atoms with van der Waals surface area (Å²) in [5.41, 5.74) is 5.05. The van der Waals surface area contributed by atoms with E-state index in [4.69, 9.17) is 14.5 Å². The van der Waals surface area contributed by atoms with Crippen molar-refractivity contribution in [2.45, 2.75) is 13.5 Å². The van der Waals surface area contributed by atoms with Crippen LogP contribution in [-0.4, -0.2) is 34.7 Å². The van der Waals surface area contributed by atoms with Gasteiger partial charge in [0, 0.05) is 11.8 Å². The summed E-state index contributed by atoms with van der Waals surface area (Å²) >= 11 is 0. The predicted octanol–water partition coefficient (Wildman–Crippen LogP) is 4.25. The fourth-order valence-corrected chi connectivity index (χ4v) is 3.38. The molecule has 29 heavy (non-hydrogen) atoms. The van der Waals surface area contributed by atoms with Crippen molar-refractivity contribution in [2.24, 2.45) is 0 Å². The van der Waals surface area contributed by atoms with E-state index in [0.717, 1.165) is 27.9 Å². The number of rotatable bonds is 5. The summed E-state index contributed by atoms with van der Waals surface area (Å²) in [6.45, 7) is 2.59. The van der Waals surface area contributed by atoms with E-state index < -0.39 is 5.97 Å². The van der Waals surface area contributed by atoms with E-state index in [1.807, 2.05) is 37.3 Å². The minimum absolute atomic E-state index is 0.406. The van der Waals surface area contributed by atoms with Crippen molar-refractivity contribution in [3.05, 3.63) is 77.5 Å². The van der Waals surface area contributed by atoms with Crippen LogP contribution < -0.4 is 4.74 Å². The Morgan fingerprint density at radius 3 is 2.69 bits per heavy atom. The Labute approximate surface area is 168 Å². The molecule has 6 nitrogen and oxygen atoms in total. The summed E-state index contributed by atoms with van der Waals surface area (Å²) in [4.78, 5) is 21.2. The lowest BCUT2D eigenvalue weighted by molar-refractivity contribution is 0.0600.